The van der Waals surface area contributed by atoms with Crippen LogP contribution in [0.1, 0.15) is 37.7 Å². The molecule has 1 aliphatic carbocycles. The summed E-state index contributed by atoms with van der Waals surface area (Å²) in [4.78, 5) is 27.2. The minimum absolute atomic E-state index is 0.0901. The van der Waals surface area contributed by atoms with E-state index in [1.807, 2.05) is 30.3 Å². The Hall–Kier alpha value is -1.90. The van der Waals surface area contributed by atoms with Crippen molar-refractivity contribution >= 4 is 11.7 Å². The lowest BCUT2D eigenvalue weighted by atomic mass is 9.66. The van der Waals surface area contributed by atoms with Gasteiger partial charge in [-0.3, -0.25) is 9.59 Å². The molecule has 2 fully saturated rings. The summed E-state index contributed by atoms with van der Waals surface area (Å²) in [6.07, 6.45) is 6.39. The molecule has 22 heavy (non-hydrogen) atoms. The molecule has 0 N–H and O–H groups in total. The lowest BCUT2D eigenvalue weighted by Gasteiger charge is -2.41. The molecule has 3 heteroatoms. The van der Waals surface area contributed by atoms with E-state index in [9.17, 15) is 9.59 Å². The van der Waals surface area contributed by atoms with E-state index in [0.29, 0.717) is 12.3 Å². The van der Waals surface area contributed by atoms with Crippen molar-refractivity contribution in [2.45, 2.75) is 37.6 Å². The Kier molecular flexibility index (Phi) is 3.00. The van der Waals surface area contributed by atoms with Gasteiger partial charge >= 0.3 is 0 Å². The number of carbonyl (C=O) groups is 2. The van der Waals surface area contributed by atoms with Gasteiger partial charge in [-0.1, -0.05) is 49.8 Å². The van der Waals surface area contributed by atoms with Gasteiger partial charge in [0.05, 0.1) is 11.5 Å². The lowest BCUT2D eigenvalue weighted by Crippen LogP contribution is -2.49. The first-order valence-corrected chi connectivity index (χ1v) is 8.27. The molecule has 0 saturated carbocycles. The highest BCUT2D eigenvalue weighted by molar-refractivity contribution is 5.96. The summed E-state index contributed by atoms with van der Waals surface area (Å²) in [5.41, 5.74) is 0.837. The molecule has 114 valence electrons. The van der Waals surface area contributed by atoms with Gasteiger partial charge in [-0.05, 0) is 24.0 Å². The third-order valence-electron chi connectivity index (χ3n) is 5.96. The Bertz CT molecular complexity index is 651. The van der Waals surface area contributed by atoms with Crippen molar-refractivity contribution in [2.24, 2.45) is 11.8 Å². The van der Waals surface area contributed by atoms with E-state index in [1.165, 1.54) is 0 Å². The largest absolute Gasteiger partial charge is 0.332 e. The average molecular weight is 295 g/mol. The van der Waals surface area contributed by atoms with Gasteiger partial charge in [0, 0.05) is 18.9 Å². The van der Waals surface area contributed by atoms with Crippen LogP contribution in [0.5, 0.6) is 0 Å². The molecule has 1 aromatic carbocycles. The van der Waals surface area contributed by atoms with Crippen LogP contribution in [0.25, 0.3) is 0 Å². The molecule has 2 heterocycles. The highest BCUT2D eigenvalue weighted by atomic mass is 16.2. The summed E-state index contributed by atoms with van der Waals surface area (Å²) in [6.45, 7) is 3.03. The first-order valence-electron chi connectivity index (χ1n) is 8.27. The molecule has 4 rings (SSSR count). The zero-order chi connectivity index (χ0) is 15.3. The van der Waals surface area contributed by atoms with E-state index in [2.05, 4.69) is 17.9 Å². The highest BCUT2D eigenvalue weighted by Crippen LogP contribution is 2.57. The average Bonchev–Trinajstić information content (AvgIpc) is 3.01. The van der Waals surface area contributed by atoms with Crippen LogP contribution in [-0.4, -0.2) is 28.7 Å². The van der Waals surface area contributed by atoms with Gasteiger partial charge in [0.2, 0.25) is 5.91 Å². The zero-order valence-corrected chi connectivity index (χ0v) is 12.9. The van der Waals surface area contributed by atoms with Crippen molar-refractivity contribution < 1.29 is 9.59 Å². The predicted molar refractivity (Wildman–Crippen MR) is 84.3 cm³/mol. The van der Waals surface area contributed by atoms with E-state index in [4.69, 9.17) is 0 Å². The van der Waals surface area contributed by atoms with Crippen molar-refractivity contribution in [3.63, 3.8) is 0 Å². The van der Waals surface area contributed by atoms with Crippen LogP contribution >= 0.6 is 0 Å². The van der Waals surface area contributed by atoms with E-state index in [0.717, 1.165) is 24.9 Å². The van der Waals surface area contributed by atoms with Gasteiger partial charge in [-0.2, -0.15) is 0 Å². The number of hydrogen-bond acceptors (Lipinski definition) is 2. The number of benzene rings is 1. The van der Waals surface area contributed by atoms with Gasteiger partial charge < -0.3 is 4.90 Å². The third-order valence-corrected chi connectivity index (χ3v) is 5.96. The van der Waals surface area contributed by atoms with Crippen molar-refractivity contribution in [3.8, 4) is 0 Å². The number of amides is 1. The van der Waals surface area contributed by atoms with Crippen LogP contribution in [0.2, 0.25) is 0 Å². The van der Waals surface area contributed by atoms with E-state index < -0.39 is 0 Å². The molecule has 1 spiro atoms. The summed E-state index contributed by atoms with van der Waals surface area (Å²) < 4.78 is 0. The van der Waals surface area contributed by atoms with Crippen molar-refractivity contribution in [1.29, 1.82) is 0 Å². The molecular weight excluding hydrogens is 274 g/mol. The van der Waals surface area contributed by atoms with Crippen LogP contribution in [0.15, 0.2) is 42.5 Å². The fourth-order valence-corrected chi connectivity index (χ4v) is 5.05. The van der Waals surface area contributed by atoms with Gasteiger partial charge in [-0.15, -0.1) is 0 Å². The topological polar surface area (TPSA) is 37.4 Å². The molecular formula is C19H21NO2. The van der Waals surface area contributed by atoms with Crippen LogP contribution in [-0.2, 0) is 9.59 Å². The Morgan fingerprint density at radius 1 is 1.23 bits per heavy atom. The number of ketones is 1. The Labute approximate surface area is 131 Å². The van der Waals surface area contributed by atoms with Gasteiger partial charge in [0.15, 0.2) is 5.78 Å². The molecule has 0 aromatic heterocycles. The molecule has 0 bridgehead atoms. The highest BCUT2D eigenvalue weighted by Gasteiger charge is 2.63. The summed E-state index contributed by atoms with van der Waals surface area (Å²) in [5, 5.41) is 0. The van der Waals surface area contributed by atoms with Crippen LogP contribution in [0.3, 0.4) is 0 Å². The molecule has 2 aliphatic heterocycles. The maximum absolute atomic E-state index is 13.1. The molecule has 3 aliphatic rings. The maximum atomic E-state index is 13.1. The van der Waals surface area contributed by atoms with Crippen molar-refractivity contribution in [3.05, 3.63) is 48.0 Å². The van der Waals surface area contributed by atoms with Crippen molar-refractivity contribution in [2.75, 3.05) is 6.54 Å². The van der Waals surface area contributed by atoms with Crippen LogP contribution in [0, 0.1) is 11.8 Å². The maximum Gasteiger partial charge on any atom is 0.231 e. The van der Waals surface area contributed by atoms with Crippen LogP contribution in [0.4, 0.5) is 0 Å². The standard InChI is InChI=1S/C19H21NO2/c1-2-14-9-11-20-18(22)17(13-6-4-3-5-7-13)16-12-15(21)8-10-19(14,16)20/h3-8,10,14,16-17H,2,9,11-12H2,1H3/t14-,16+,17+,19-/m0/s1. The van der Waals surface area contributed by atoms with Crippen molar-refractivity contribution in [1.82, 2.24) is 4.90 Å². The number of rotatable bonds is 2. The Morgan fingerprint density at radius 3 is 2.73 bits per heavy atom. The SMILES string of the molecule is CC[C@H]1CCN2C(=O)[C@H](c3ccccc3)[C@H]3CC(=O)C=C[C@]132. The number of hydrogen-bond donors (Lipinski definition) is 0. The molecule has 0 radical (unpaired) electrons. The van der Waals surface area contributed by atoms with Crippen LogP contribution < -0.4 is 0 Å². The smallest absolute Gasteiger partial charge is 0.231 e. The normalized spacial score (nSPS) is 36.6. The Balaban J connectivity index is 1.86. The van der Waals surface area contributed by atoms with Gasteiger partial charge in [0.25, 0.3) is 0 Å². The number of allylic oxidation sites excluding steroid dienone is 1. The fraction of sp³-hybridized carbons (Fsp3) is 0.474. The minimum atomic E-state index is -0.222. The van der Waals surface area contributed by atoms with E-state index in [1.54, 1.807) is 6.08 Å². The molecule has 3 nitrogen and oxygen atoms in total. The first kappa shape index (κ1) is 13.7. The second-order valence-electron chi connectivity index (χ2n) is 6.77. The third kappa shape index (κ3) is 1.62. The predicted octanol–water partition coefficient (Wildman–Crippen LogP) is 2.93. The second-order valence-corrected chi connectivity index (χ2v) is 6.77. The Morgan fingerprint density at radius 2 is 2.00 bits per heavy atom. The molecule has 4 atom stereocenters. The number of nitrogens with zero attached hydrogens (tertiary/aromatic N) is 1. The molecule has 2 saturated heterocycles. The van der Waals surface area contributed by atoms with Gasteiger partial charge in [-0.25, -0.2) is 0 Å². The molecule has 0 unspecified atom stereocenters. The molecule has 1 aromatic rings. The van der Waals surface area contributed by atoms with Gasteiger partial charge in [0.1, 0.15) is 0 Å². The first-order chi connectivity index (χ1) is 10.7. The second kappa shape index (κ2) is 4.80. The minimum Gasteiger partial charge on any atom is -0.332 e. The molecule has 1 amide bonds. The lowest BCUT2D eigenvalue weighted by molar-refractivity contribution is -0.130. The monoisotopic (exact) mass is 295 g/mol. The zero-order valence-electron chi connectivity index (χ0n) is 12.9. The summed E-state index contributed by atoms with van der Waals surface area (Å²) in [7, 11) is 0. The number of carbonyl (C=O) groups excluding carboxylic acids is 2. The summed E-state index contributed by atoms with van der Waals surface area (Å²) >= 11 is 0. The fourth-order valence-electron chi connectivity index (χ4n) is 5.05. The quantitative estimate of drug-likeness (QED) is 0.841. The van der Waals surface area contributed by atoms with E-state index in [-0.39, 0.29) is 29.1 Å². The summed E-state index contributed by atoms with van der Waals surface area (Å²) in [5.74, 6) is 0.774. The van der Waals surface area contributed by atoms with E-state index >= 15 is 0 Å². The summed E-state index contributed by atoms with van der Waals surface area (Å²) in [6, 6.07) is 10.00.